The predicted octanol–water partition coefficient (Wildman–Crippen LogP) is 4.57. The summed E-state index contributed by atoms with van der Waals surface area (Å²) in [4.78, 5) is 17.2. The van der Waals surface area contributed by atoms with Crippen molar-refractivity contribution in [3.63, 3.8) is 0 Å². The van der Waals surface area contributed by atoms with Crippen LogP contribution in [0, 0.1) is 11.3 Å². The Morgan fingerprint density at radius 2 is 1.68 bits per heavy atom. The van der Waals surface area contributed by atoms with Gasteiger partial charge in [-0.15, -0.1) is 0 Å². The summed E-state index contributed by atoms with van der Waals surface area (Å²) in [6, 6.07) is 18.1. The largest absolute Gasteiger partial charge is 0.494 e. The molecule has 1 atom stereocenters. The van der Waals surface area contributed by atoms with Crippen LogP contribution in [0.4, 0.5) is 5.69 Å². The van der Waals surface area contributed by atoms with Gasteiger partial charge >= 0.3 is 0 Å². The van der Waals surface area contributed by atoms with Crippen LogP contribution in [0.3, 0.4) is 0 Å². The Hall–Kier alpha value is -3.04. The van der Waals surface area contributed by atoms with Gasteiger partial charge in [0.25, 0.3) is 0 Å². The molecule has 0 aliphatic carbocycles. The molecule has 1 fully saturated rings. The lowest BCUT2D eigenvalue weighted by Crippen LogP contribution is -2.40. The van der Waals surface area contributed by atoms with Crippen LogP contribution in [-0.4, -0.2) is 43.7 Å². The van der Waals surface area contributed by atoms with Crippen molar-refractivity contribution < 1.29 is 14.3 Å². The lowest BCUT2D eigenvalue weighted by atomic mass is 10.0. The number of amides is 1. The zero-order valence-electron chi connectivity index (χ0n) is 18.4. The van der Waals surface area contributed by atoms with Gasteiger partial charge in [-0.2, -0.15) is 5.26 Å². The fourth-order valence-electron chi connectivity index (χ4n) is 4.05. The van der Waals surface area contributed by atoms with Gasteiger partial charge < -0.3 is 14.4 Å². The van der Waals surface area contributed by atoms with E-state index in [1.807, 2.05) is 50.2 Å². The summed E-state index contributed by atoms with van der Waals surface area (Å²) in [7, 11) is 0. The van der Waals surface area contributed by atoms with Crippen LogP contribution < -0.4 is 14.4 Å². The number of hydrogen-bond donors (Lipinski definition) is 0. The van der Waals surface area contributed by atoms with Gasteiger partial charge in [0.1, 0.15) is 11.5 Å². The molecule has 1 amide bonds. The number of rotatable bonds is 10. The monoisotopic (exact) mass is 421 g/mol. The second kappa shape index (κ2) is 11.4. The summed E-state index contributed by atoms with van der Waals surface area (Å²) in [5, 5.41) is 9.06. The van der Waals surface area contributed by atoms with Crippen molar-refractivity contribution in [1.29, 1.82) is 5.26 Å². The molecule has 2 aromatic rings. The smallest absolute Gasteiger partial charge is 0.241 e. The van der Waals surface area contributed by atoms with E-state index in [1.165, 1.54) is 5.56 Å². The molecule has 6 heteroatoms. The molecule has 0 saturated carbocycles. The molecular formula is C25H31N3O3. The van der Waals surface area contributed by atoms with E-state index in [4.69, 9.17) is 14.7 Å². The number of benzene rings is 2. The van der Waals surface area contributed by atoms with E-state index >= 15 is 0 Å². The molecule has 1 unspecified atom stereocenters. The summed E-state index contributed by atoms with van der Waals surface area (Å²) in [6.45, 7) is 6.75. The molecule has 1 aliphatic rings. The zero-order valence-corrected chi connectivity index (χ0v) is 18.4. The van der Waals surface area contributed by atoms with Crippen LogP contribution in [0.2, 0.25) is 0 Å². The first-order valence-corrected chi connectivity index (χ1v) is 11.0. The minimum absolute atomic E-state index is 0.0113. The average molecular weight is 422 g/mol. The first-order valence-electron chi connectivity index (χ1n) is 11.0. The fraction of sp³-hybridized carbons (Fsp3) is 0.440. The highest BCUT2D eigenvalue weighted by molar-refractivity contribution is 5.95. The summed E-state index contributed by atoms with van der Waals surface area (Å²) in [5.74, 6) is 1.65. The SMILES string of the molecule is CCOc1ccc(C2CCCN2CC(=O)N(CCC#N)c2ccc(OCC)cc2)cc1. The molecule has 1 saturated heterocycles. The molecule has 0 aromatic heterocycles. The molecule has 0 radical (unpaired) electrons. The third kappa shape index (κ3) is 5.99. The topological polar surface area (TPSA) is 65.8 Å². The van der Waals surface area contributed by atoms with Crippen molar-refractivity contribution in [2.24, 2.45) is 0 Å². The van der Waals surface area contributed by atoms with Gasteiger partial charge in [0.2, 0.25) is 5.91 Å². The van der Waals surface area contributed by atoms with E-state index in [-0.39, 0.29) is 11.9 Å². The number of ether oxygens (including phenoxy) is 2. The van der Waals surface area contributed by atoms with Crippen LogP contribution in [0.5, 0.6) is 11.5 Å². The van der Waals surface area contributed by atoms with Crippen LogP contribution >= 0.6 is 0 Å². The molecular weight excluding hydrogens is 390 g/mol. The van der Waals surface area contributed by atoms with Gasteiger partial charge in [0, 0.05) is 18.3 Å². The summed E-state index contributed by atoms with van der Waals surface area (Å²) in [5.41, 5.74) is 2.00. The fourth-order valence-corrected chi connectivity index (χ4v) is 4.05. The second-order valence-corrected chi connectivity index (χ2v) is 7.51. The van der Waals surface area contributed by atoms with E-state index in [2.05, 4.69) is 23.1 Å². The highest BCUT2D eigenvalue weighted by Gasteiger charge is 2.29. The highest BCUT2D eigenvalue weighted by atomic mass is 16.5. The van der Waals surface area contributed by atoms with Gasteiger partial charge in [0.15, 0.2) is 0 Å². The maximum atomic E-state index is 13.3. The Labute approximate surface area is 185 Å². The Balaban J connectivity index is 1.71. The van der Waals surface area contributed by atoms with Crippen LogP contribution in [0.15, 0.2) is 48.5 Å². The zero-order chi connectivity index (χ0) is 22.1. The lowest BCUT2D eigenvalue weighted by molar-refractivity contribution is -0.120. The van der Waals surface area contributed by atoms with Gasteiger partial charge in [-0.05, 0) is 75.2 Å². The van der Waals surface area contributed by atoms with Crippen molar-refractivity contribution in [2.45, 2.75) is 39.2 Å². The molecule has 0 bridgehead atoms. The predicted molar refractivity (Wildman–Crippen MR) is 121 cm³/mol. The number of anilines is 1. The molecule has 164 valence electrons. The molecule has 0 N–H and O–H groups in total. The Morgan fingerprint density at radius 3 is 2.26 bits per heavy atom. The molecule has 3 rings (SSSR count). The molecule has 1 aliphatic heterocycles. The van der Waals surface area contributed by atoms with E-state index in [9.17, 15) is 4.79 Å². The summed E-state index contributed by atoms with van der Waals surface area (Å²) < 4.78 is 11.1. The van der Waals surface area contributed by atoms with Crippen LogP contribution in [-0.2, 0) is 4.79 Å². The van der Waals surface area contributed by atoms with Gasteiger partial charge in [-0.3, -0.25) is 9.69 Å². The summed E-state index contributed by atoms with van der Waals surface area (Å²) in [6.07, 6.45) is 2.39. The normalized spacial score (nSPS) is 16.0. The number of hydrogen-bond acceptors (Lipinski definition) is 5. The van der Waals surface area contributed by atoms with Crippen LogP contribution in [0.25, 0.3) is 0 Å². The third-order valence-electron chi connectivity index (χ3n) is 5.49. The Kier molecular flexibility index (Phi) is 8.31. The number of carbonyl (C=O) groups is 1. The second-order valence-electron chi connectivity index (χ2n) is 7.51. The van der Waals surface area contributed by atoms with E-state index in [0.29, 0.717) is 32.7 Å². The quantitative estimate of drug-likeness (QED) is 0.562. The molecule has 31 heavy (non-hydrogen) atoms. The van der Waals surface area contributed by atoms with Crippen molar-refractivity contribution in [3.8, 4) is 17.6 Å². The first kappa shape index (κ1) is 22.6. The molecule has 6 nitrogen and oxygen atoms in total. The van der Waals surface area contributed by atoms with Gasteiger partial charge in [-0.1, -0.05) is 12.1 Å². The van der Waals surface area contributed by atoms with Gasteiger partial charge in [0.05, 0.1) is 32.2 Å². The average Bonchev–Trinajstić information content (AvgIpc) is 3.24. The maximum Gasteiger partial charge on any atom is 0.241 e. The van der Waals surface area contributed by atoms with Crippen molar-refractivity contribution in [3.05, 3.63) is 54.1 Å². The Bertz CT molecular complexity index is 874. The number of carbonyl (C=O) groups excluding carboxylic acids is 1. The molecule has 1 heterocycles. The number of nitriles is 1. The Morgan fingerprint density at radius 1 is 1.06 bits per heavy atom. The van der Waals surface area contributed by atoms with E-state index < -0.39 is 0 Å². The lowest BCUT2D eigenvalue weighted by Gasteiger charge is -2.28. The standard InChI is InChI=1S/C25H31N3O3/c1-3-30-22-12-8-20(9-13-22)24-7-5-17-27(24)19-25(29)28(18-6-16-26)21-10-14-23(15-11-21)31-4-2/h8-15,24H,3-7,17-19H2,1-2H3. The highest BCUT2D eigenvalue weighted by Crippen LogP contribution is 2.33. The van der Waals surface area contributed by atoms with Gasteiger partial charge in [-0.25, -0.2) is 0 Å². The van der Waals surface area contributed by atoms with Crippen LogP contribution in [0.1, 0.15) is 44.7 Å². The minimum Gasteiger partial charge on any atom is -0.494 e. The maximum absolute atomic E-state index is 13.3. The number of nitrogens with zero attached hydrogens (tertiary/aromatic N) is 3. The van der Waals surface area contributed by atoms with Crippen molar-refractivity contribution in [1.82, 2.24) is 4.90 Å². The summed E-state index contributed by atoms with van der Waals surface area (Å²) >= 11 is 0. The minimum atomic E-state index is 0.0113. The first-order chi connectivity index (χ1) is 15.2. The van der Waals surface area contributed by atoms with E-state index in [1.54, 1.807) is 4.90 Å². The van der Waals surface area contributed by atoms with Crippen molar-refractivity contribution in [2.75, 3.05) is 37.7 Å². The van der Waals surface area contributed by atoms with E-state index in [0.717, 1.165) is 36.6 Å². The third-order valence-corrected chi connectivity index (χ3v) is 5.49. The number of likely N-dealkylation sites (tertiary alicyclic amines) is 1. The molecule has 0 spiro atoms. The van der Waals surface area contributed by atoms with Crippen molar-refractivity contribution >= 4 is 11.6 Å². The molecule has 2 aromatic carbocycles.